The van der Waals surface area contributed by atoms with Gasteiger partial charge in [0.05, 0.1) is 18.1 Å². The molecule has 0 spiro atoms. The molecule has 1 heterocycles. The van der Waals surface area contributed by atoms with E-state index >= 15 is 0 Å². The molecule has 0 aliphatic carbocycles. The number of halogens is 2. The first kappa shape index (κ1) is 14.3. The minimum absolute atomic E-state index is 0.708. The minimum Gasteiger partial charge on any atom is -0.369 e. The van der Waals surface area contributed by atoms with Gasteiger partial charge in [0.2, 0.25) is 0 Å². The highest BCUT2D eigenvalue weighted by atomic mass is 79.9. The van der Waals surface area contributed by atoms with Gasteiger partial charge in [-0.1, -0.05) is 22.9 Å². The Kier molecular flexibility index (Phi) is 5.15. The summed E-state index contributed by atoms with van der Waals surface area (Å²) in [4.78, 5) is 8.63. The van der Waals surface area contributed by atoms with E-state index in [2.05, 4.69) is 59.4 Å². The number of aromatic nitrogens is 2. The van der Waals surface area contributed by atoms with Gasteiger partial charge >= 0.3 is 0 Å². The van der Waals surface area contributed by atoms with Crippen LogP contribution in [0, 0.1) is 0 Å². The quantitative estimate of drug-likeness (QED) is 0.791. The van der Waals surface area contributed by atoms with Gasteiger partial charge in [-0.15, -0.1) is 0 Å². The third-order valence-electron chi connectivity index (χ3n) is 2.38. The highest BCUT2D eigenvalue weighted by Gasteiger charge is 2.03. The van der Waals surface area contributed by atoms with E-state index in [-0.39, 0.29) is 0 Å². The third-order valence-corrected chi connectivity index (χ3v) is 3.57. The fourth-order valence-corrected chi connectivity index (χ4v) is 2.20. The maximum atomic E-state index is 4.46. The summed E-state index contributed by atoms with van der Waals surface area (Å²) in [7, 11) is 0. The van der Waals surface area contributed by atoms with Gasteiger partial charge < -0.3 is 10.6 Å². The van der Waals surface area contributed by atoms with Crippen LogP contribution >= 0.6 is 31.9 Å². The van der Waals surface area contributed by atoms with Gasteiger partial charge in [0.25, 0.3) is 0 Å². The van der Waals surface area contributed by atoms with Gasteiger partial charge in [-0.2, -0.15) is 0 Å². The van der Waals surface area contributed by atoms with Crippen LogP contribution in [0.1, 0.15) is 13.3 Å². The van der Waals surface area contributed by atoms with E-state index in [1.807, 2.05) is 18.2 Å². The monoisotopic (exact) mass is 384 g/mol. The number of rotatable bonds is 5. The average Bonchev–Trinajstić information content (AvgIpc) is 2.41. The summed E-state index contributed by atoms with van der Waals surface area (Å²) >= 11 is 6.95. The highest BCUT2D eigenvalue weighted by molar-refractivity contribution is 9.11. The molecule has 0 atom stereocenters. The maximum absolute atomic E-state index is 4.46. The van der Waals surface area contributed by atoms with Gasteiger partial charge in [0, 0.05) is 15.5 Å². The van der Waals surface area contributed by atoms with Crippen molar-refractivity contribution in [3.8, 4) is 0 Å². The second-order valence-electron chi connectivity index (χ2n) is 3.97. The molecule has 2 N–H and O–H groups in total. The lowest BCUT2D eigenvalue weighted by Crippen LogP contribution is -2.04. The molecule has 0 radical (unpaired) electrons. The first-order chi connectivity index (χ1) is 9.19. The molecule has 4 nitrogen and oxygen atoms in total. The number of nitrogens with one attached hydrogen (secondary N) is 2. The predicted molar refractivity (Wildman–Crippen MR) is 85.9 cm³/mol. The molecule has 0 saturated carbocycles. The normalized spacial score (nSPS) is 10.3. The van der Waals surface area contributed by atoms with E-state index in [1.54, 1.807) is 12.4 Å². The van der Waals surface area contributed by atoms with Gasteiger partial charge in [-0.05, 0) is 40.5 Å². The molecule has 0 aliphatic rings. The Morgan fingerprint density at radius 1 is 1.16 bits per heavy atom. The van der Waals surface area contributed by atoms with Crippen molar-refractivity contribution in [3.05, 3.63) is 39.5 Å². The van der Waals surface area contributed by atoms with Crippen molar-refractivity contribution < 1.29 is 0 Å². The number of nitrogens with zero attached hydrogens (tertiary/aromatic N) is 2. The molecule has 0 fully saturated rings. The van der Waals surface area contributed by atoms with Crippen molar-refractivity contribution in [2.45, 2.75) is 13.3 Å². The third kappa shape index (κ3) is 4.18. The van der Waals surface area contributed by atoms with Gasteiger partial charge in [-0.3, -0.25) is 4.98 Å². The largest absolute Gasteiger partial charge is 0.369 e. The molecule has 0 unspecified atom stereocenters. The maximum Gasteiger partial charge on any atom is 0.151 e. The molecule has 2 aromatic rings. The van der Waals surface area contributed by atoms with Crippen molar-refractivity contribution in [2.24, 2.45) is 0 Å². The highest BCUT2D eigenvalue weighted by Crippen LogP contribution is 2.28. The van der Waals surface area contributed by atoms with Crippen LogP contribution in [-0.4, -0.2) is 16.5 Å². The van der Waals surface area contributed by atoms with Crippen LogP contribution in [0.25, 0.3) is 0 Å². The summed E-state index contributed by atoms with van der Waals surface area (Å²) in [5, 5.41) is 6.45. The van der Waals surface area contributed by atoms with Crippen LogP contribution < -0.4 is 10.6 Å². The number of hydrogen-bond donors (Lipinski definition) is 2. The molecule has 1 aromatic carbocycles. The first-order valence-corrected chi connectivity index (χ1v) is 7.55. The van der Waals surface area contributed by atoms with E-state index in [0.717, 1.165) is 33.4 Å². The van der Waals surface area contributed by atoms with Gasteiger partial charge in [0.1, 0.15) is 5.82 Å². The first-order valence-electron chi connectivity index (χ1n) is 5.97. The SMILES string of the molecule is CCCNc1cncc(Nc2cc(Br)ccc2Br)n1. The molecule has 2 rings (SSSR count). The zero-order valence-corrected chi connectivity index (χ0v) is 13.6. The Balaban J connectivity index is 2.16. The van der Waals surface area contributed by atoms with E-state index in [4.69, 9.17) is 0 Å². The second kappa shape index (κ2) is 6.86. The van der Waals surface area contributed by atoms with Crippen LogP contribution in [0.2, 0.25) is 0 Å². The van der Waals surface area contributed by atoms with E-state index in [1.165, 1.54) is 0 Å². The fraction of sp³-hybridized carbons (Fsp3) is 0.231. The van der Waals surface area contributed by atoms with Crippen molar-refractivity contribution in [3.63, 3.8) is 0 Å². The number of anilines is 3. The molecule has 6 heteroatoms. The standard InChI is InChI=1S/C13H14Br2N4/c1-2-5-17-12-7-16-8-13(19-12)18-11-6-9(14)3-4-10(11)15/h3-4,6-8H,2,5H2,1H3,(H2,17,18,19). The summed E-state index contributed by atoms with van der Waals surface area (Å²) in [6, 6.07) is 5.93. The Morgan fingerprint density at radius 2 is 1.95 bits per heavy atom. The zero-order valence-electron chi connectivity index (χ0n) is 10.5. The van der Waals surface area contributed by atoms with Gasteiger partial charge in [-0.25, -0.2) is 4.98 Å². The van der Waals surface area contributed by atoms with Gasteiger partial charge in [0.15, 0.2) is 5.82 Å². The van der Waals surface area contributed by atoms with Crippen LogP contribution in [0.15, 0.2) is 39.5 Å². The molecular formula is C13H14Br2N4. The average molecular weight is 386 g/mol. The number of hydrogen-bond acceptors (Lipinski definition) is 4. The Bertz CT molecular complexity index is 560. The summed E-state index contributed by atoms with van der Waals surface area (Å²) in [6.07, 6.45) is 4.47. The smallest absolute Gasteiger partial charge is 0.151 e. The van der Waals surface area contributed by atoms with E-state index < -0.39 is 0 Å². The Labute approximate surface area is 129 Å². The lowest BCUT2D eigenvalue weighted by Gasteiger charge is -2.10. The van der Waals surface area contributed by atoms with Crippen molar-refractivity contribution in [1.82, 2.24) is 9.97 Å². The second-order valence-corrected chi connectivity index (χ2v) is 5.74. The van der Waals surface area contributed by atoms with Crippen LogP contribution in [-0.2, 0) is 0 Å². The molecule has 1 aromatic heterocycles. The van der Waals surface area contributed by atoms with Crippen LogP contribution in [0.5, 0.6) is 0 Å². The minimum atomic E-state index is 0.708. The zero-order chi connectivity index (χ0) is 13.7. The predicted octanol–water partition coefficient (Wildman–Crippen LogP) is 4.57. The molecular weight excluding hydrogens is 372 g/mol. The fourth-order valence-electron chi connectivity index (χ4n) is 1.50. The van der Waals surface area contributed by atoms with E-state index in [9.17, 15) is 0 Å². The summed E-state index contributed by atoms with van der Waals surface area (Å²) < 4.78 is 1.98. The van der Waals surface area contributed by atoms with Crippen molar-refractivity contribution in [1.29, 1.82) is 0 Å². The Hall–Kier alpha value is -1.14. The topological polar surface area (TPSA) is 49.8 Å². The van der Waals surface area contributed by atoms with E-state index in [0.29, 0.717) is 5.82 Å². The van der Waals surface area contributed by atoms with Crippen molar-refractivity contribution in [2.75, 3.05) is 17.2 Å². The van der Waals surface area contributed by atoms with Crippen LogP contribution in [0.4, 0.5) is 17.3 Å². The summed E-state index contributed by atoms with van der Waals surface area (Å²) in [5.41, 5.74) is 0.941. The molecule has 0 bridgehead atoms. The lowest BCUT2D eigenvalue weighted by molar-refractivity contribution is 0.965. The molecule has 0 saturated heterocycles. The molecule has 100 valence electrons. The number of benzene rings is 1. The summed E-state index contributed by atoms with van der Waals surface area (Å²) in [5.74, 6) is 1.48. The molecule has 19 heavy (non-hydrogen) atoms. The van der Waals surface area contributed by atoms with Crippen molar-refractivity contribution >= 4 is 49.2 Å². The molecule has 0 aliphatic heterocycles. The lowest BCUT2D eigenvalue weighted by atomic mass is 10.3. The summed E-state index contributed by atoms with van der Waals surface area (Å²) in [6.45, 7) is 3.00. The Morgan fingerprint density at radius 3 is 2.74 bits per heavy atom. The van der Waals surface area contributed by atoms with Crippen LogP contribution in [0.3, 0.4) is 0 Å². The molecule has 0 amide bonds.